The lowest BCUT2D eigenvalue weighted by atomic mass is 9.88. The topological polar surface area (TPSA) is 48.9 Å². The molecule has 0 bridgehead atoms. The summed E-state index contributed by atoms with van der Waals surface area (Å²) in [4.78, 5) is 8.11. The van der Waals surface area contributed by atoms with Gasteiger partial charge in [-0.05, 0) is 55.9 Å². The summed E-state index contributed by atoms with van der Waals surface area (Å²) in [5.41, 5.74) is 0. The lowest BCUT2D eigenvalue weighted by Gasteiger charge is -2.39. The van der Waals surface area contributed by atoms with E-state index in [4.69, 9.17) is 4.74 Å². The molecular formula is C21H29F2IN4OS. The Labute approximate surface area is 197 Å². The maximum atomic E-state index is 13.2. The molecule has 3 rings (SSSR count). The molecule has 1 aromatic heterocycles. The molecule has 9 heteroatoms. The fourth-order valence-corrected chi connectivity index (χ4v) is 4.72. The zero-order valence-corrected chi connectivity index (χ0v) is 20.4. The van der Waals surface area contributed by atoms with Crippen molar-refractivity contribution in [1.82, 2.24) is 15.5 Å². The van der Waals surface area contributed by atoms with Crippen LogP contribution in [0.3, 0.4) is 0 Å². The molecule has 1 aromatic carbocycles. The summed E-state index contributed by atoms with van der Waals surface area (Å²) in [7, 11) is 3.93. The lowest BCUT2D eigenvalue weighted by Crippen LogP contribution is -2.45. The van der Waals surface area contributed by atoms with Crippen LogP contribution in [0.2, 0.25) is 0 Å². The summed E-state index contributed by atoms with van der Waals surface area (Å²) in [5.74, 6) is -0.279. The predicted molar refractivity (Wildman–Crippen MR) is 129 cm³/mol. The fourth-order valence-electron chi connectivity index (χ4n) is 3.74. The number of rotatable bonds is 7. The number of piperidine rings is 1. The SMILES string of the molecule is CN=C(NCCOc1ccc(F)c(F)c1)NCC1CCCN(C)C1c1cccs1.I. The molecule has 0 radical (unpaired) electrons. The second-order valence-corrected chi connectivity index (χ2v) is 8.13. The van der Waals surface area contributed by atoms with Crippen molar-refractivity contribution >= 4 is 41.3 Å². The summed E-state index contributed by atoms with van der Waals surface area (Å²) in [6.07, 6.45) is 2.37. The predicted octanol–water partition coefficient (Wildman–Crippen LogP) is 4.27. The minimum Gasteiger partial charge on any atom is -0.492 e. The number of likely N-dealkylation sites (tertiary alicyclic amines) is 1. The van der Waals surface area contributed by atoms with Gasteiger partial charge in [0.2, 0.25) is 0 Å². The molecule has 1 saturated heterocycles. The van der Waals surface area contributed by atoms with Gasteiger partial charge in [0, 0.05) is 30.6 Å². The molecule has 0 aliphatic carbocycles. The first-order chi connectivity index (χ1) is 14.1. The van der Waals surface area contributed by atoms with E-state index in [0.717, 1.165) is 25.2 Å². The Balaban J connectivity index is 0.00000320. The molecule has 30 heavy (non-hydrogen) atoms. The number of ether oxygens (including phenoxy) is 1. The molecule has 1 aliphatic heterocycles. The van der Waals surface area contributed by atoms with Gasteiger partial charge in [-0.2, -0.15) is 0 Å². The smallest absolute Gasteiger partial charge is 0.191 e. The number of nitrogens with zero attached hydrogens (tertiary/aromatic N) is 2. The number of thiophene rings is 1. The third-order valence-corrected chi connectivity index (χ3v) is 6.09. The van der Waals surface area contributed by atoms with Gasteiger partial charge in [0.05, 0.1) is 6.54 Å². The molecule has 1 aliphatic rings. The highest BCUT2D eigenvalue weighted by Crippen LogP contribution is 2.36. The number of halogens is 3. The number of hydrogen-bond acceptors (Lipinski definition) is 4. The third kappa shape index (κ3) is 6.78. The molecule has 166 valence electrons. The van der Waals surface area contributed by atoms with Crippen LogP contribution >= 0.6 is 35.3 Å². The Kier molecular flexibility index (Phi) is 10.3. The van der Waals surface area contributed by atoms with Gasteiger partial charge in [0.1, 0.15) is 12.4 Å². The van der Waals surface area contributed by atoms with Gasteiger partial charge in [-0.25, -0.2) is 8.78 Å². The Morgan fingerprint density at radius 1 is 1.27 bits per heavy atom. The van der Waals surface area contributed by atoms with E-state index in [1.165, 1.54) is 23.8 Å². The van der Waals surface area contributed by atoms with Crippen molar-refractivity contribution in [3.63, 3.8) is 0 Å². The maximum Gasteiger partial charge on any atom is 0.191 e. The average Bonchev–Trinajstić information content (AvgIpc) is 3.24. The highest BCUT2D eigenvalue weighted by Gasteiger charge is 2.31. The quantitative estimate of drug-likeness (QED) is 0.234. The van der Waals surface area contributed by atoms with Crippen LogP contribution in [0.25, 0.3) is 0 Å². The molecule has 0 amide bonds. The van der Waals surface area contributed by atoms with Crippen LogP contribution in [0.15, 0.2) is 40.7 Å². The molecule has 2 atom stereocenters. The Hall–Kier alpha value is -1.46. The standard InChI is InChI=1S/C21H28F2N4OS.HI/c1-24-21(25-9-11-28-16-7-8-17(22)18(23)13-16)26-14-15-5-3-10-27(2)20(15)19-6-4-12-29-19;/h4,6-8,12-13,15,20H,3,5,9-11,14H2,1-2H3,(H2,24,25,26);1H. The lowest BCUT2D eigenvalue weighted by molar-refractivity contribution is 0.125. The van der Waals surface area contributed by atoms with Gasteiger partial charge in [-0.1, -0.05) is 6.07 Å². The van der Waals surface area contributed by atoms with Crippen molar-refractivity contribution in [2.45, 2.75) is 18.9 Å². The first kappa shape index (κ1) is 24.8. The van der Waals surface area contributed by atoms with Crippen molar-refractivity contribution in [1.29, 1.82) is 0 Å². The molecule has 0 saturated carbocycles. The Morgan fingerprint density at radius 3 is 2.80 bits per heavy atom. The molecular weight excluding hydrogens is 521 g/mol. The van der Waals surface area contributed by atoms with Crippen LogP contribution in [0.5, 0.6) is 5.75 Å². The van der Waals surface area contributed by atoms with Gasteiger partial charge in [0.15, 0.2) is 17.6 Å². The molecule has 2 unspecified atom stereocenters. The van der Waals surface area contributed by atoms with E-state index < -0.39 is 11.6 Å². The summed E-state index contributed by atoms with van der Waals surface area (Å²) in [6.45, 7) is 2.76. The van der Waals surface area contributed by atoms with Crippen LogP contribution in [-0.2, 0) is 0 Å². The summed E-state index contributed by atoms with van der Waals surface area (Å²) in [5, 5.41) is 8.75. The first-order valence-corrected chi connectivity index (χ1v) is 10.7. The van der Waals surface area contributed by atoms with Gasteiger partial charge in [-0.3, -0.25) is 9.89 Å². The van der Waals surface area contributed by atoms with E-state index in [-0.39, 0.29) is 24.0 Å². The van der Waals surface area contributed by atoms with E-state index >= 15 is 0 Å². The van der Waals surface area contributed by atoms with Gasteiger partial charge < -0.3 is 15.4 Å². The molecule has 2 heterocycles. The second kappa shape index (κ2) is 12.4. The molecule has 5 nitrogen and oxygen atoms in total. The molecule has 1 fully saturated rings. The zero-order valence-electron chi connectivity index (χ0n) is 17.2. The highest BCUT2D eigenvalue weighted by molar-refractivity contribution is 14.0. The van der Waals surface area contributed by atoms with Crippen LogP contribution in [0.4, 0.5) is 8.78 Å². The third-order valence-electron chi connectivity index (χ3n) is 5.15. The zero-order chi connectivity index (χ0) is 20.6. The minimum atomic E-state index is -0.911. The largest absolute Gasteiger partial charge is 0.492 e. The number of nitrogens with one attached hydrogen (secondary N) is 2. The van der Waals surface area contributed by atoms with Gasteiger partial charge in [0.25, 0.3) is 0 Å². The number of aliphatic imine (C=N–C) groups is 1. The minimum absolute atomic E-state index is 0. The van der Waals surface area contributed by atoms with E-state index in [0.29, 0.717) is 36.8 Å². The highest BCUT2D eigenvalue weighted by atomic mass is 127. The molecule has 2 N–H and O–H groups in total. The number of benzene rings is 1. The Morgan fingerprint density at radius 2 is 2.10 bits per heavy atom. The van der Waals surface area contributed by atoms with Crippen LogP contribution in [0, 0.1) is 17.6 Å². The van der Waals surface area contributed by atoms with Crippen molar-refractivity contribution < 1.29 is 13.5 Å². The maximum absolute atomic E-state index is 13.2. The Bertz CT molecular complexity index is 806. The molecule has 2 aromatic rings. The second-order valence-electron chi connectivity index (χ2n) is 7.15. The number of hydrogen-bond donors (Lipinski definition) is 2. The monoisotopic (exact) mass is 550 g/mol. The normalized spacial score (nSPS) is 19.8. The van der Waals surface area contributed by atoms with E-state index in [1.807, 2.05) is 11.3 Å². The molecule has 0 spiro atoms. The first-order valence-electron chi connectivity index (χ1n) is 9.84. The van der Waals surface area contributed by atoms with Crippen molar-refractivity contribution in [2.24, 2.45) is 10.9 Å². The van der Waals surface area contributed by atoms with Crippen molar-refractivity contribution in [3.05, 3.63) is 52.2 Å². The van der Waals surface area contributed by atoms with E-state index in [1.54, 1.807) is 7.05 Å². The van der Waals surface area contributed by atoms with Crippen LogP contribution < -0.4 is 15.4 Å². The van der Waals surface area contributed by atoms with Gasteiger partial charge in [-0.15, -0.1) is 35.3 Å². The van der Waals surface area contributed by atoms with Crippen LogP contribution in [0.1, 0.15) is 23.8 Å². The van der Waals surface area contributed by atoms with Crippen molar-refractivity contribution in [2.75, 3.05) is 40.3 Å². The van der Waals surface area contributed by atoms with Crippen LogP contribution in [-0.4, -0.2) is 51.2 Å². The summed E-state index contributed by atoms with van der Waals surface area (Å²) in [6, 6.07) is 8.27. The van der Waals surface area contributed by atoms with E-state index in [2.05, 4.69) is 45.1 Å². The van der Waals surface area contributed by atoms with E-state index in [9.17, 15) is 8.78 Å². The summed E-state index contributed by atoms with van der Waals surface area (Å²) < 4.78 is 31.6. The summed E-state index contributed by atoms with van der Waals surface area (Å²) >= 11 is 1.81. The van der Waals surface area contributed by atoms with Crippen molar-refractivity contribution in [3.8, 4) is 5.75 Å². The number of guanidine groups is 1. The van der Waals surface area contributed by atoms with Gasteiger partial charge >= 0.3 is 0 Å². The average molecular weight is 550 g/mol. The fraction of sp³-hybridized carbons (Fsp3) is 0.476.